The molecule has 0 aliphatic carbocycles. The monoisotopic (exact) mass is 511 g/mol. The SMILES string of the molecule is CC(C)CNS(=O)(=O)c1ccc(N(C(=O)C2CC(C(F)(F)F)=NN2C#N)c2ccccc2)c(F)c1. The molecular formula is C22H21F4N5O3S. The van der Waals surface area contributed by atoms with E-state index in [0.29, 0.717) is 5.01 Å². The highest BCUT2D eigenvalue weighted by molar-refractivity contribution is 7.89. The maximum Gasteiger partial charge on any atom is 0.431 e. The summed E-state index contributed by atoms with van der Waals surface area (Å²) in [6.45, 7) is 3.70. The van der Waals surface area contributed by atoms with E-state index in [-0.39, 0.29) is 23.0 Å². The zero-order chi connectivity index (χ0) is 26.0. The number of carbonyl (C=O) groups excluding carboxylic acids is 1. The molecule has 0 fully saturated rings. The van der Waals surface area contributed by atoms with Gasteiger partial charge in [0.05, 0.1) is 10.6 Å². The molecule has 1 aliphatic rings. The third-order valence-corrected chi connectivity index (χ3v) is 6.43. The Bertz CT molecular complexity index is 1270. The molecule has 2 aromatic carbocycles. The van der Waals surface area contributed by atoms with E-state index >= 15 is 4.39 Å². The Morgan fingerprint density at radius 3 is 2.46 bits per heavy atom. The van der Waals surface area contributed by atoms with E-state index < -0.39 is 51.8 Å². The lowest BCUT2D eigenvalue weighted by Gasteiger charge is -2.27. The van der Waals surface area contributed by atoms with Crippen molar-refractivity contribution in [2.75, 3.05) is 11.4 Å². The van der Waals surface area contributed by atoms with Crippen molar-refractivity contribution in [2.24, 2.45) is 11.0 Å². The first-order chi connectivity index (χ1) is 16.3. The van der Waals surface area contributed by atoms with E-state index in [0.717, 1.165) is 23.1 Å². The van der Waals surface area contributed by atoms with Crippen molar-refractivity contribution in [1.82, 2.24) is 9.73 Å². The van der Waals surface area contributed by atoms with Gasteiger partial charge in [0.2, 0.25) is 16.2 Å². The Morgan fingerprint density at radius 1 is 1.26 bits per heavy atom. The van der Waals surface area contributed by atoms with E-state index in [1.165, 1.54) is 30.5 Å². The fourth-order valence-corrected chi connectivity index (χ4v) is 4.50. The Balaban J connectivity index is 2.02. The standard InChI is InChI=1S/C22H21F4N5O3S/c1-14(2)12-28-35(33,34)16-8-9-18(17(23)10-16)31(15-6-4-3-5-7-15)21(32)19-11-20(22(24,25)26)29-30(19)13-27/h3-10,14,19,28H,11-12H2,1-2H3. The van der Waals surface area contributed by atoms with Crippen LogP contribution in [0.4, 0.5) is 28.9 Å². The number of nitrogens with zero attached hydrogens (tertiary/aromatic N) is 4. The van der Waals surface area contributed by atoms with Crippen molar-refractivity contribution in [3.8, 4) is 6.19 Å². The molecule has 1 aliphatic heterocycles. The first kappa shape index (κ1) is 26.1. The number of halogens is 4. The van der Waals surface area contributed by atoms with Crippen LogP contribution in [0.15, 0.2) is 58.5 Å². The Morgan fingerprint density at radius 2 is 1.91 bits per heavy atom. The van der Waals surface area contributed by atoms with Crippen molar-refractivity contribution in [3.63, 3.8) is 0 Å². The second kappa shape index (κ2) is 10.0. The molecule has 35 heavy (non-hydrogen) atoms. The van der Waals surface area contributed by atoms with Gasteiger partial charge in [-0.05, 0) is 36.2 Å². The first-order valence-electron chi connectivity index (χ1n) is 10.4. The first-order valence-corrected chi connectivity index (χ1v) is 11.9. The van der Waals surface area contributed by atoms with Crippen LogP contribution in [0.3, 0.4) is 0 Å². The minimum absolute atomic E-state index is 0.00149. The van der Waals surface area contributed by atoms with Crippen LogP contribution in [0.25, 0.3) is 0 Å². The number of nitriles is 1. The highest BCUT2D eigenvalue weighted by atomic mass is 32.2. The normalized spacial score (nSPS) is 16.2. The lowest BCUT2D eigenvalue weighted by molar-refractivity contribution is -0.121. The lowest BCUT2D eigenvalue weighted by Crippen LogP contribution is -2.42. The lowest BCUT2D eigenvalue weighted by atomic mass is 10.1. The number of alkyl halides is 3. The average molecular weight is 512 g/mol. The van der Waals surface area contributed by atoms with Gasteiger partial charge in [-0.15, -0.1) is 0 Å². The molecule has 2 aromatic rings. The molecule has 0 saturated carbocycles. The molecule has 8 nitrogen and oxygen atoms in total. The van der Waals surface area contributed by atoms with Gasteiger partial charge in [0.15, 0.2) is 0 Å². The van der Waals surface area contributed by atoms with E-state index in [9.17, 15) is 31.6 Å². The molecule has 0 bridgehead atoms. The van der Waals surface area contributed by atoms with Gasteiger partial charge in [0.1, 0.15) is 17.6 Å². The van der Waals surface area contributed by atoms with Crippen LogP contribution in [0, 0.1) is 23.2 Å². The quantitative estimate of drug-likeness (QED) is 0.448. The van der Waals surface area contributed by atoms with Crippen LogP contribution >= 0.6 is 0 Å². The molecule has 0 saturated heterocycles. The zero-order valence-corrected chi connectivity index (χ0v) is 19.4. The number of anilines is 2. The smallest absolute Gasteiger partial charge is 0.276 e. The van der Waals surface area contributed by atoms with Crippen molar-refractivity contribution >= 4 is 33.0 Å². The minimum atomic E-state index is -4.86. The van der Waals surface area contributed by atoms with Crippen molar-refractivity contribution < 1.29 is 30.8 Å². The summed E-state index contributed by atoms with van der Waals surface area (Å²) in [5.41, 5.74) is -1.62. The van der Waals surface area contributed by atoms with E-state index in [2.05, 4.69) is 9.82 Å². The molecule has 1 heterocycles. The number of hydrogen-bond donors (Lipinski definition) is 1. The molecule has 1 amide bonds. The predicted octanol–water partition coefficient (Wildman–Crippen LogP) is 3.90. The predicted molar refractivity (Wildman–Crippen MR) is 119 cm³/mol. The fourth-order valence-electron chi connectivity index (χ4n) is 3.27. The third-order valence-electron chi connectivity index (χ3n) is 5.01. The van der Waals surface area contributed by atoms with Gasteiger partial charge in [0.25, 0.3) is 5.91 Å². The van der Waals surface area contributed by atoms with Crippen LogP contribution in [-0.4, -0.2) is 43.8 Å². The van der Waals surface area contributed by atoms with Crippen molar-refractivity contribution in [2.45, 2.75) is 37.4 Å². The fraction of sp³-hybridized carbons (Fsp3) is 0.318. The molecule has 186 valence electrons. The van der Waals surface area contributed by atoms with Crippen molar-refractivity contribution in [1.29, 1.82) is 5.26 Å². The number of nitrogens with one attached hydrogen (secondary N) is 1. The minimum Gasteiger partial charge on any atom is -0.276 e. The van der Waals surface area contributed by atoms with Crippen LogP contribution in [0.2, 0.25) is 0 Å². The Labute approximate surface area is 199 Å². The Kier molecular flexibility index (Phi) is 7.47. The molecule has 13 heteroatoms. The number of sulfonamides is 1. The summed E-state index contributed by atoms with van der Waals surface area (Å²) in [5, 5.41) is 12.8. The van der Waals surface area contributed by atoms with Crippen LogP contribution in [-0.2, 0) is 14.8 Å². The van der Waals surface area contributed by atoms with E-state index in [1.54, 1.807) is 19.9 Å². The van der Waals surface area contributed by atoms with Crippen LogP contribution in [0.1, 0.15) is 20.3 Å². The van der Waals surface area contributed by atoms with Crippen LogP contribution in [0.5, 0.6) is 0 Å². The molecule has 3 rings (SSSR count). The summed E-state index contributed by atoms with van der Waals surface area (Å²) in [7, 11) is -4.05. The molecule has 0 aromatic heterocycles. The summed E-state index contributed by atoms with van der Waals surface area (Å²) in [6.07, 6.45) is -4.33. The van der Waals surface area contributed by atoms with Gasteiger partial charge >= 0.3 is 6.18 Å². The molecule has 1 atom stereocenters. The largest absolute Gasteiger partial charge is 0.431 e. The van der Waals surface area contributed by atoms with E-state index in [1.807, 2.05) is 0 Å². The van der Waals surface area contributed by atoms with Gasteiger partial charge in [-0.3, -0.25) is 9.69 Å². The molecule has 0 radical (unpaired) electrons. The Hall–Kier alpha value is -3.50. The molecular weight excluding hydrogens is 490 g/mol. The van der Waals surface area contributed by atoms with Gasteiger partial charge in [-0.1, -0.05) is 32.0 Å². The second-order valence-corrected chi connectivity index (χ2v) is 9.84. The van der Waals surface area contributed by atoms with Crippen LogP contribution < -0.4 is 9.62 Å². The highest BCUT2D eigenvalue weighted by Crippen LogP contribution is 2.34. The number of hydrogen-bond acceptors (Lipinski definition) is 6. The van der Waals surface area contributed by atoms with Gasteiger partial charge in [-0.2, -0.15) is 28.5 Å². The summed E-state index contributed by atoms with van der Waals surface area (Å²) in [5.74, 6) is -2.15. The van der Waals surface area contributed by atoms with Gasteiger partial charge in [-0.25, -0.2) is 17.5 Å². The maximum atomic E-state index is 15.2. The highest BCUT2D eigenvalue weighted by Gasteiger charge is 2.47. The third kappa shape index (κ3) is 5.77. The number of rotatable bonds is 7. The number of benzene rings is 2. The average Bonchev–Trinajstić information content (AvgIpc) is 3.25. The molecule has 1 unspecified atom stereocenters. The van der Waals surface area contributed by atoms with Crippen molar-refractivity contribution in [3.05, 3.63) is 54.3 Å². The van der Waals surface area contributed by atoms with Gasteiger partial charge < -0.3 is 0 Å². The summed E-state index contributed by atoms with van der Waals surface area (Å²) in [4.78, 5) is 13.8. The number of carbonyl (C=O) groups is 1. The summed E-state index contributed by atoms with van der Waals surface area (Å²) >= 11 is 0. The number of para-hydroxylation sites is 1. The second-order valence-electron chi connectivity index (χ2n) is 8.08. The molecule has 0 spiro atoms. The van der Waals surface area contributed by atoms with E-state index in [4.69, 9.17) is 0 Å². The number of hydrazone groups is 1. The molecule has 1 N–H and O–H groups in total. The zero-order valence-electron chi connectivity index (χ0n) is 18.6. The topological polar surface area (TPSA) is 106 Å². The number of amides is 1. The summed E-state index contributed by atoms with van der Waals surface area (Å²) in [6, 6.07) is 8.67. The summed E-state index contributed by atoms with van der Waals surface area (Å²) < 4.78 is 82.0. The van der Waals surface area contributed by atoms with Gasteiger partial charge in [0, 0.05) is 18.7 Å². The maximum absolute atomic E-state index is 15.2.